The average molecular weight is 561 g/mol. The number of Topliss-reactive ketones (excluding diaryl/α,β-unsaturated/α-hetero) is 2. The van der Waals surface area contributed by atoms with Crippen molar-refractivity contribution >= 4 is 28.9 Å². The molecule has 1 aromatic carbocycles. The molecule has 0 aromatic heterocycles. The van der Waals surface area contributed by atoms with Crippen molar-refractivity contribution in [3.8, 4) is 5.75 Å². The van der Waals surface area contributed by atoms with Gasteiger partial charge in [0.1, 0.15) is 29.1 Å². The summed E-state index contributed by atoms with van der Waals surface area (Å²) in [5.74, 6) is -9.65. The quantitative estimate of drug-likeness (QED) is 0.119. The Morgan fingerprint density at radius 1 is 1.18 bits per heavy atom. The van der Waals surface area contributed by atoms with Crippen LogP contribution in [0.15, 0.2) is 29.0 Å². The van der Waals surface area contributed by atoms with Gasteiger partial charge in [0.25, 0.3) is 5.91 Å². The summed E-state index contributed by atoms with van der Waals surface area (Å²) in [4.78, 5) is 40.7. The van der Waals surface area contributed by atoms with E-state index >= 15 is 0 Å². The zero-order valence-corrected chi connectivity index (χ0v) is 23.1. The number of nitrogens with one attached hydrogen (secondary N) is 2. The van der Waals surface area contributed by atoms with Crippen LogP contribution in [0.25, 0.3) is 5.76 Å². The van der Waals surface area contributed by atoms with Gasteiger partial charge >= 0.3 is 0 Å². The molecule has 0 aliphatic heterocycles. The molecular weight excluding hydrogens is 524 g/mol. The van der Waals surface area contributed by atoms with E-state index in [9.17, 15) is 45.0 Å². The van der Waals surface area contributed by atoms with Crippen LogP contribution in [-0.2, 0) is 14.4 Å². The van der Waals surface area contributed by atoms with Crippen LogP contribution in [0.1, 0.15) is 37.8 Å². The number of anilines is 1. The SMILES string of the molecule is CNC(C)(C)C(O)Nc1ccc2c(c1O)C(O)=C1C(=O)C3(O)C(O)=C(C(N)=O)C(=O)[C@@H](N(C)C)C3C(O)C1C2C. The molecule has 0 radical (unpaired) electrons. The molecule has 0 bridgehead atoms. The normalized spacial score (nSPS) is 31.1. The minimum atomic E-state index is -2.98. The van der Waals surface area contributed by atoms with E-state index in [2.05, 4.69) is 10.6 Å². The van der Waals surface area contributed by atoms with E-state index in [0.29, 0.717) is 5.56 Å². The summed E-state index contributed by atoms with van der Waals surface area (Å²) in [5.41, 5.74) is 0.265. The first kappa shape index (κ1) is 29.5. The molecule has 3 aliphatic carbocycles. The first-order valence-corrected chi connectivity index (χ1v) is 12.8. The number of ketones is 2. The van der Waals surface area contributed by atoms with Crippen LogP contribution in [0.2, 0.25) is 0 Å². The van der Waals surface area contributed by atoms with E-state index in [1.807, 2.05) is 0 Å². The molecule has 0 saturated heterocycles. The Balaban J connectivity index is 1.95. The fourth-order valence-electron chi connectivity index (χ4n) is 6.20. The molecule has 0 heterocycles. The molecular formula is C27H36N4O9. The van der Waals surface area contributed by atoms with Gasteiger partial charge in [-0.3, -0.25) is 19.3 Å². The number of benzene rings is 1. The molecule has 1 aromatic rings. The summed E-state index contributed by atoms with van der Waals surface area (Å²) in [6.07, 6.45) is -2.87. The topological polar surface area (TPSA) is 226 Å². The highest BCUT2D eigenvalue weighted by Gasteiger charge is 2.68. The van der Waals surface area contributed by atoms with Crippen LogP contribution in [-0.4, -0.2) is 104 Å². The maximum Gasteiger partial charge on any atom is 0.255 e. The number of likely N-dealkylation sites (N-methyl/N-ethyl adjacent to an activating group) is 2. The molecule has 40 heavy (non-hydrogen) atoms. The van der Waals surface area contributed by atoms with Crippen molar-refractivity contribution in [1.29, 1.82) is 0 Å². The van der Waals surface area contributed by atoms with Crippen molar-refractivity contribution in [3.05, 3.63) is 40.2 Å². The number of aliphatic hydroxyl groups excluding tert-OH is 4. The lowest BCUT2D eigenvalue weighted by Gasteiger charge is -2.53. The van der Waals surface area contributed by atoms with Gasteiger partial charge in [-0.15, -0.1) is 0 Å². The van der Waals surface area contributed by atoms with E-state index in [-0.39, 0.29) is 11.3 Å². The zero-order chi connectivity index (χ0) is 30.2. The summed E-state index contributed by atoms with van der Waals surface area (Å²) in [5, 5.41) is 73.2. The Bertz CT molecular complexity index is 1370. The lowest BCUT2D eigenvalue weighted by atomic mass is 9.54. The predicted molar refractivity (Wildman–Crippen MR) is 143 cm³/mol. The molecule has 0 spiro atoms. The van der Waals surface area contributed by atoms with Crippen LogP contribution < -0.4 is 16.4 Å². The van der Waals surface area contributed by atoms with Gasteiger partial charge in [-0.1, -0.05) is 13.0 Å². The summed E-state index contributed by atoms with van der Waals surface area (Å²) >= 11 is 0. The number of hydrogen-bond acceptors (Lipinski definition) is 12. The number of nitrogens with two attached hydrogens (primary N) is 1. The molecule has 4 rings (SSSR count). The summed E-state index contributed by atoms with van der Waals surface area (Å²) in [6, 6.07) is 1.62. The van der Waals surface area contributed by atoms with Gasteiger partial charge in [0, 0.05) is 11.5 Å². The first-order chi connectivity index (χ1) is 18.4. The number of phenolic OH excluding ortho intramolecular Hbond substituents is 1. The smallest absolute Gasteiger partial charge is 0.255 e. The van der Waals surface area contributed by atoms with E-state index in [0.717, 1.165) is 0 Å². The van der Waals surface area contributed by atoms with Crippen LogP contribution in [0, 0.1) is 11.8 Å². The number of rotatable bonds is 6. The van der Waals surface area contributed by atoms with Gasteiger partial charge < -0.3 is 47.0 Å². The summed E-state index contributed by atoms with van der Waals surface area (Å²) in [6.45, 7) is 5.06. The fraction of sp³-hybridized carbons (Fsp3) is 0.519. The maximum absolute atomic E-state index is 14.0. The van der Waals surface area contributed by atoms with Crippen molar-refractivity contribution in [2.24, 2.45) is 17.6 Å². The van der Waals surface area contributed by atoms with Crippen molar-refractivity contribution < 1.29 is 45.0 Å². The highest BCUT2D eigenvalue weighted by molar-refractivity contribution is 6.24. The van der Waals surface area contributed by atoms with Gasteiger partial charge in [0.05, 0.1) is 34.9 Å². The Morgan fingerprint density at radius 2 is 1.77 bits per heavy atom. The van der Waals surface area contributed by atoms with Crippen molar-refractivity contribution in [2.45, 2.75) is 56.2 Å². The van der Waals surface area contributed by atoms with Crippen molar-refractivity contribution in [3.63, 3.8) is 0 Å². The summed E-state index contributed by atoms with van der Waals surface area (Å²) < 4.78 is 0. The molecule has 6 unspecified atom stereocenters. The van der Waals surface area contributed by atoms with E-state index < -0.39 is 93.2 Å². The molecule has 1 fully saturated rings. The molecule has 10 N–H and O–H groups in total. The molecule has 13 nitrogen and oxygen atoms in total. The minimum absolute atomic E-state index is 0.0301. The fourth-order valence-corrected chi connectivity index (χ4v) is 6.20. The van der Waals surface area contributed by atoms with Crippen LogP contribution >= 0.6 is 0 Å². The minimum Gasteiger partial charge on any atom is -0.508 e. The van der Waals surface area contributed by atoms with Crippen LogP contribution in [0.5, 0.6) is 5.75 Å². The van der Waals surface area contributed by atoms with Crippen molar-refractivity contribution in [1.82, 2.24) is 10.2 Å². The van der Waals surface area contributed by atoms with Gasteiger partial charge in [-0.05, 0) is 52.5 Å². The lowest BCUT2D eigenvalue weighted by molar-refractivity contribution is -0.169. The lowest BCUT2D eigenvalue weighted by Crippen LogP contribution is -2.70. The second-order valence-electron chi connectivity index (χ2n) is 11.5. The third-order valence-corrected chi connectivity index (χ3v) is 8.75. The third-order valence-electron chi connectivity index (χ3n) is 8.75. The number of phenols is 1. The number of amides is 1. The number of carbonyl (C=O) groups is 3. The average Bonchev–Trinajstić information content (AvgIpc) is 2.87. The van der Waals surface area contributed by atoms with Crippen LogP contribution in [0.3, 0.4) is 0 Å². The number of nitrogens with zero attached hydrogens (tertiary/aromatic N) is 1. The Kier molecular flexibility index (Phi) is 7.05. The second-order valence-corrected chi connectivity index (χ2v) is 11.5. The standard InChI is InChI=1S/C27H36N4O9/c1-9-10-7-8-11(30-25(39)26(2,3)29-4)18(32)13(10)19(33)14-12(9)20(34)16-17(31(5)6)21(35)15(24(28)38)23(37)27(16,40)22(14)36/h7-9,12,16-17,20,25,29-30,32-34,37,39-40H,1-6H3,(H2,28,38)/t9?,12?,16?,17-,20?,25?,27?/m0/s1. The molecule has 1 saturated carbocycles. The number of hydrogen-bond donors (Lipinski definition) is 9. The third kappa shape index (κ3) is 3.84. The van der Waals surface area contributed by atoms with E-state index in [1.54, 1.807) is 33.9 Å². The Hall–Kier alpha value is -3.49. The van der Waals surface area contributed by atoms with Gasteiger partial charge in [0.15, 0.2) is 11.4 Å². The number of carbonyl (C=O) groups excluding carboxylic acids is 3. The van der Waals surface area contributed by atoms with Crippen LogP contribution in [0.4, 0.5) is 5.69 Å². The molecule has 218 valence electrons. The van der Waals surface area contributed by atoms with Gasteiger partial charge in [-0.25, -0.2) is 0 Å². The molecule has 3 aliphatic rings. The van der Waals surface area contributed by atoms with E-state index in [4.69, 9.17) is 5.73 Å². The van der Waals surface area contributed by atoms with Gasteiger partial charge in [0.2, 0.25) is 5.78 Å². The number of aromatic hydroxyl groups is 1. The number of fused-ring (bicyclic) bond motifs is 3. The predicted octanol–water partition coefficient (Wildman–Crippen LogP) is -0.776. The monoisotopic (exact) mass is 560 g/mol. The highest BCUT2D eigenvalue weighted by atomic mass is 16.4. The Morgan fingerprint density at radius 3 is 2.30 bits per heavy atom. The summed E-state index contributed by atoms with van der Waals surface area (Å²) in [7, 11) is 4.53. The van der Waals surface area contributed by atoms with Crippen molar-refractivity contribution in [2.75, 3.05) is 26.5 Å². The maximum atomic E-state index is 14.0. The Labute approximate surface area is 230 Å². The number of aliphatic hydroxyl groups is 5. The highest BCUT2D eigenvalue weighted by Crippen LogP contribution is 2.56. The molecule has 13 heteroatoms. The largest absolute Gasteiger partial charge is 0.508 e. The second kappa shape index (κ2) is 9.56. The number of primary amides is 1. The first-order valence-electron chi connectivity index (χ1n) is 12.8. The molecule has 7 atom stereocenters. The molecule has 1 amide bonds. The van der Waals surface area contributed by atoms with Gasteiger partial charge in [-0.2, -0.15) is 0 Å². The zero-order valence-electron chi connectivity index (χ0n) is 23.1. The van der Waals surface area contributed by atoms with E-state index in [1.165, 1.54) is 25.1 Å².